The number of hydrogen-bond donors (Lipinski definition) is 0. The third kappa shape index (κ3) is 3.98. The van der Waals surface area contributed by atoms with Crippen LogP contribution in [0, 0.1) is 0 Å². The topological polar surface area (TPSA) is 16.1 Å². The van der Waals surface area contributed by atoms with Gasteiger partial charge in [-0.15, -0.1) is 11.3 Å². The molecule has 44 heavy (non-hydrogen) atoms. The van der Waals surface area contributed by atoms with Crippen LogP contribution in [0.4, 0.5) is 17.1 Å². The Morgan fingerprint density at radius 2 is 1.14 bits per heavy atom. The summed E-state index contributed by atoms with van der Waals surface area (Å²) < 4.78 is 2.57. The largest absolute Gasteiger partial charge is 0.310 e. The summed E-state index contributed by atoms with van der Waals surface area (Å²) in [4.78, 5) is 6.99. The number of thiophene rings is 1. The van der Waals surface area contributed by atoms with Gasteiger partial charge in [0.05, 0.1) is 5.52 Å². The van der Waals surface area contributed by atoms with E-state index >= 15 is 0 Å². The Labute approximate surface area is 259 Å². The third-order valence-corrected chi connectivity index (χ3v) is 9.81. The van der Waals surface area contributed by atoms with Crippen LogP contribution in [0.2, 0.25) is 0 Å². The Morgan fingerprint density at radius 3 is 2.00 bits per heavy atom. The van der Waals surface area contributed by atoms with E-state index in [9.17, 15) is 0 Å². The minimum absolute atomic E-state index is 1.03. The molecule has 3 heteroatoms. The van der Waals surface area contributed by atoms with E-state index in [0.717, 1.165) is 22.6 Å². The van der Waals surface area contributed by atoms with Gasteiger partial charge in [-0.3, -0.25) is 4.98 Å². The first-order valence-corrected chi connectivity index (χ1v) is 15.7. The molecule has 0 atom stereocenters. The molecule has 0 bridgehead atoms. The van der Waals surface area contributed by atoms with Gasteiger partial charge in [0.2, 0.25) is 0 Å². The van der Waals surface area contributed by atoms with E-state index in [4.69, 9.17) is 0 Å². The predicted molar refractivity (Wildman–Crippen MR) is 190 cm³/mol. The summed E-state index contributed by atoms with van der Waals surface area (Å²) >= 11 is 1.84. The molecule has 0 saturated carbocycles. The Kier molecular flexibility index (Phi) is 5.71. The van der Waals surface area contributed by atoms with Crippen LogP contribution < -0.4 is 4.90 Å². The van der Waals surface area contributed by atoms with Gasteiger partial charge in [0.15, 0.2) is 0 Å². The first-order chi connectivity index (χ1) is 21.8. The van der Waals surface area contributed by atoms with Crippen LogP contribution >= 0.6 is 11.3 Å². The SMILES string of the molecule is c1ccc(N(c2ccc(-c3cc4ccccc4c4ccccc34)cc2)c2ccc3sc4ccc5ncccc5c4c3c2)cc1. The lowest BCUT2D eigenvalue weighted by Crippen LogP contribution is -2.09. The lowest BCUT2D eigenvalue weighted by atomic mass is 9.93. The van der Waals surface area contributed by atoms with Gasteiger partial charge in [-0.25, -0.2) is 0 Å². The fourth-order valence-corrected chi connectivity index (χ4v) is 7.76. The van der Waals surface area contributed by atoms with Crippen molar-refractivity contribution in [3.63, 3.8) is 0 Å². The lowest BCUT2D eigenvalue weighted by Gasteiger charge is -2.26. The fraction of sp³-hybridized carbons (Fsp3) is 0. The number of hydrogen-bond acceptors (Lipinski definition) is 3. The summed E-state index contributed by atoms with van der Waals surface area (Å²) in [5, 5.41) is 8.86. The zero-order valence-electron chi connectivity index (χ0n) is 23.8. The molecular formula is C41H26N2S. The number of rotatable bonds is 4. The van der Waals surface area contributed by atoms with E-state index in [1.165, 1.54) is 58.2 Å². The zero-order chi connectivity index (χ0) is 29.0. The molecule has 0 N–H and O–H groups in total. The van der Waals surface area contributed by atoms with Gasteiger partial charge in [0.25, 0.3) is 0 Å². The Hall–Kier alpha value is -5.51. The van der Waals surface area contributed by atoms with Crippen LogP contribution in [0.25, 0.3) is 63.7 Å². The van der Waals surface area contributed by atoms with Crippen molar-refractivity contribution in [3.05, 3.63) is 158 Å². The molecule has 0 aliphatic heterocycles. The van der Waals surface area contributed by atoms with Crippen molar-refractivity contribution in [1.29, 1.82) is 0 Å². The molecule has 0 fully saturated rings. The van der Waals surface area contributed by atoms with E-state index in [-0.39, 0.29) is 0 Å². The van der Waals surface area contributed by atoms with Crippen molar-refractivity contribution in [2.75, 3.05) is 4.90 Å². The van der Waals surface area contributed by atoms with Crippen molar-refractivity contribution in [2.45, 2.75) is 0 Å². The summed E-state index contributed by atoms with van der Waals surface area (Å²) in [6, 6.07) is 54.8. The average molecular weight is 579 g/mol. The maximum Gasteiger partial charge on any atom is 0.0709 e. The van der Waals surface area contributed by atoms with Crippen molar-refractivity contribution in [3.8, 4) is 11.1 Å². The number of anilines is 3. The predicted octanol–water partition coefficient (Wildman–Crippen LogP) is 12.0. The highest BCUT2D eigenvalue weighted by atomic mass is 32.1. The highest BCUT2D eigenvalue weighted by Crippen LogP contribution is 2.43. The quantitative estimate of drug-likeness (QED) is 0.193. The number of aromatic nitrogens is 1. The summed E-state index contributed by atoms with van der Waals surface area (Å²) in [6.07, 6.45) is 1.87. The highest BCUT2D eigenvalue weighted by molar-refractivity contribution is 7.26. The second kappa shape index (κ2) is 10.0. The number of pyridine rings is 1. The van der Waals surface area contributed by atoms with Gasteiger partial charge in [-0.2, -0.15) is 0 Å². The van der Waals surface area contributed by atoms with Gasteiger partial charge in [-0.05, 0) is 99.4 Å². The molecular weight excluding hydrogens is 553 g/mol. The van der Waals surface area contributed by atoms with E-state index in [1.54, 1.807) is 0 Å². The van der Waals surface area contributed by atoms with Crippen LogP contribution in [0.1, 0.15) is 0 Å². The molecule has 2 aromatic heterocycles. The Morgan fingerprint density at radius 1 is 0.455 bits per heavy atom. The van der Waals surface area contributed by atoms with Gasteiger partial charge < -0.3 is 4.90 Å². The Balaban J connectivity index is 1.21. The normalized spacial score (nSPS) is 11.6. The molecule has 0 spiro atoms. The van der Waals surface area contributed by atoms with E-state index in [0.29, 0.717) is 0 Å². The summed E-state index contributed by atoms with van der Waals surface area (Å²) in [6.45, 7) is 0. The second-order valence-corrected chi connectivity index (χ2v) is 12.3. The minimum Gasteiger partial charge on any atom is -0.310 e. The molecule has 0 unspecified atom stereocenters. The number of fused-ring (bicyclic) bond motifs is 8. The van der Waals surface area contributed by atoms with Gasteiger partial charge in [-0.1, -0.05) is 84.9 Å². The van der Waals surface area contributed by atoms with Crippen molar-refractivity contribution < 1.29 is 0 Å². The van der Waals surface area contributed by atoms with Gasteiger partial charge >= 0.3 is 0 Å². The number of benzene rings is 7. The first kappa shape index (κ1) is 25.0. The average Bonchev–Trinajstić information content (AvgIpc) is 3.48. The molecule has 0 radical (unpaired) electrons. The maximum absolute atomic E-state index is 4.63. The van der Waals surface area contributed by atoms with Crippen molar-refractivity contribution in [2.24, 2.45) is 0 Å². The molecule has 206 valence electrons. The number of nitrogens with zero attached hydrogens (tertiary/aromatic N) is 2. The first-order valence-electron chi connectivity index (χ1n) is 14.9. The second-order valence-electron chi connectivity index (χ2n) is 11.2. The molecule has 9 aromatic rings. The molecule has 7 aromatic carbocycles. The van der Waals surface area contributed by atoms with Crippen LogP contribution in [-0.4, -0.2) is 4.98 Å². The molecule has 9 rings (SSSR count). The van der Waals surface area contributed by atoms with Crippen molar-refractivity contribution in [1.82, 2.24) is 4.98 Å². The molecule has 0 aliphatic carbocycles. The van der Waals surface area contributed by atoms with Gasteiger partial charge in [0, 0.05) is 48.8 Å². The highest BCUT2D eigenvalue weighted by Gasteiger charge is 2.17. The summed E-state index contributed by atoms with van der Waals surface area (Å²) in [5.41, 5.74) is 6.87. The zero-order valence-corrected chi connectivity index (χ0v) is 24.6. The minimum atomic E-state index is 1.03. The summed E-state index contributed by atoms with van der Waals surface area (Å²) in [7, 11) is 0. The maximum atomic E-state index is 4.63. The van der Waals surface area contributed by atoms with Crippen LogP contribution in [0.3, 0.4) is 0 Å². The monoisotopic (exact) mass is 578 g/mol. The van der Waals surface area contributed by atoms with Crippen LogP contribution in [0.5, 0.6) is 0 Å². The van der Waals surface area contributed by atoms with Gasteiger partial charge in [0.1, 0.15) is 0 Å². The fourth-order valence-electron chi connectivity index (χ4n) is 6.66. The van der Waals surface area contributed by atoms with E-state index in [2.05, 4.69) is 155 Å². The summed E-state index contributed by atoms with van der Waals surface area (Å²) in [5.74, 6) is 0. The van der Waals surface area contributed by atoms with Crippen LogP contribution in [0.15, 0.2) is 158 Å². The number of para-hydroxylation sites is 1. The Bertz CT molecular complexity index is 2490. The molecule has 2 nitrogen and oxygen atoms in total. The molecule has 2 heterocycles. The standard InChI is InChI=1S/C41H26N2S/c1-2-10-29(11-3-1)43(31-20-22-39-37(26-31)41-35-15-8-24-42-38(35)21-23-40(41)44-39)30-18-16-27(17-19-30)36-25-28-9-4-5-12-32(28)33-13-6-7-14-34(33)36/h1-26H. The molecule has 0 saturated heterocycles. The van der Waals surface area contributed by atoms with Crippen LogP contribution in [-0.2, 0) is 0 Å². The third-order valence-electron chi connectivity index (χ3n) is 8.68. The lowest BCUT2D eigenvalue weighted by molar-refractivity contribution is 1.29. The molecule has 0 amide bonds. The van der Waals surface area contributed by atoms with E-state index in [1.807, 2.05) is 23.6 Å². The van der Waals surface area contributed by atoms with Crippen molar-refractivity contribution >= 4 is 81.0 Å². The smallest absolute Gasteiger partial charge is 0.0709 e. The van der Waals surface area contributed by atoms with E-state index < -0.39 is 0 Å². The molecule has 0 aliphatic rings.